The zero-order chi connectivity index (χ0) is 22.4. The fourth-order valence-corrected chi connectivity index (χ4v) is 3.76. The number of nitrogens with one attached hydrogen (secondary N) is 1. The number of likely N-dealkylation sites (N-methyl/N-ethyl adjacent to an activating group) is 1. The maximum Gasteiger partial charge on any atom is 0.246 e. The number of benzene rings is 2. The fraction of sp³-hybridized carbons (Fsp3) is 0.250. The predicted molar refractivity (Wildman–Crippen MR) is 111 cm³/mol. The van der Waals surface area contributed by atoms with Gasteiger partial charge in [-0.3, -0.25) is 4.79 Å². The molecule has 1 amide bonds. The molecule has 3 aromatic rings. The molecule has 0 radical (unpaired) electrons. The van der Waals surface area contributed by atoms with Crippen LogP contribution in [0.5, 0.6) is 11.5 Å². The van der Waals surface area contributed by atoms with E-state index in [2.05, 4.69) is 15.5 Å². The molecular formula is C20H22N4O6S. The van der Waals surface area contributed by atoms with Gasteiger partial charge in [0.25, 0.3) is 0 Å². The van der Waals surface area contributed by atoms with Gasteiger partial charge in [-0.1, -0.05) is 5.16 Å². The van der Waals surface area contributed by atoms with Crippen molar-refractivity contribution in [2.24, 2.45) is 0 Å². The van der Waals surface area contributed by atoms with Crippen LogP contribution >= 0.6 is 0 Å². The first kappa shape index (κ1) is 22.2. The van der Waals surface area contributed by atoms with Crippen molar-refractivity contribution < 1.29 is 27.2 Å². The van der Waals surface area contributed by atoms with E-state index in [-0.39, 0.29) is 23.9 Å². The summed E-state index contributed by atoms with van der Waals surface area (Å²) in [5, 5.41) is 6.45. The van der Waals surface area contributed by atoms with Gasteiger partial charge >= 0.3 is 0 Å². The maximum atomic E-state index is 12.6. The van der Waals surface area contributed by atoms with Gasteiger partial charge in [-0.15, -0.1) is 0 Å². The molecular weight excluding hydrogens is 424 g/mol. The molecule has 0 spiro atoms. The van der Waals surface area contributed by atoms with E-state index in [0.717, 1.165) is 9.87 Å². The highest BCUT2D eigenvalue weighted by Gasteiger charge is 2.23. The topological polar surface area (TPSA) is 124 Å². The molecule has 31 heavy (non-hydrogen) atoms. The van der Waals surface area contributed by atoms with Gasteiger partial charge in [0.15, 0.2) is 0 Å². The third-order valence-corrected chi connectivity index (χ3v) is 6.20. The van der Waals surface area contributed by atoms with Crippen molar-refractivity contribution >= 4 is 15.9 Å². The van der Waals surface area contributed by atoms with Gasteiger partial charge in [0.05, 0.1) is 32.2 Å². The van der Waals surface area contributed by atoms with Gasteiger partial charge in [0, 0.05) is 12.6 Å². The first-order valence-corrected chi connectivity index (χ1v) is 10.6. The summed E-state index contributed by atoms with van der Waals surface area (Å²) in [7, 11) is 0.565. The molecule has 0 fully saturated rings. The summed E-state index contributed by atoms with van der Waals surface area (Å²) in [5.41, 5.74) is 0.729. The van der Waals surface area contributed by atoms with Crippen LogP contribution in [0.15, 0.2) is 57.9 Å². The summed E-state index contributed by atoms with van der Waals surface area (Å²) < 4.78 is 41.4. The van der Waals surface area contributed by atoms with E-state index < -0.39 is 15.9 Å². The minimum Gasteiger partial charge on any atom is -0.497 e. The van der Waals surface area contributed by atoms with Crippen LogP contribution < -0.4 is 14.8 Å². The molecule has 11 heteroatoms. The SMILES string of the molecule is COc1ccc(-c2noc(CNC(=O)CN(C)S(=O)(=O)c3ccc(OC)cc3)n2)cc1. The number of rotatable bonds is 9. The second-order valence-corrected chi connectivity index (χ2v) is 8.50. The lowest BCUT2D eigenvalue weighted by Gasteiger charge is -2.16. The Labute approximate surface area is 179 Å². The lowest BCUT2D eigenvalue weighted by atomic mass is 10.2. The number of ether oxygens (including phenoxy) is 2. The Morgan fingerprint density at radius 3 is 2.19 bits per heavy atom. The third-order valence-electron chi connectivity index (χ3n) is 4.39. The van der Waals surface area contributed by atoms with E-state index in [1.807, 2.05) is 0 Å². The Kier molecular flexibility index (Phi) is 6.88. The highest BCUT2D eigenvalue weighted by molar-refractivity contribution is 7.89. The van der Waals surface area contributed by atoms with E-state index >= 15 is 0 Å². The lowest BCUT2D eigenvalue weighted by Crippen LogP contribution is -2.38. The van der Waals surface area contributed by atoms with Crippen LogP contribution in [0.25, 0.3) is 11.4 Å². The molecule has 0 atom stereocenters. The smallest absolute Gasteiger partial charge is 0.246 e. The standard InChI is InChI=1S/C20H22N4O6S/c1-24(31(26,27)17-10-8-16(29-3)9-11-17)13-18(25)21-12-19-22-20(23-30-19)14-4-6-15(28-2)7-5-14/h4-11H,12-13H2,1-3H3,(H,21,25). The van der Waals surface area contributed by atoms with Crippen molar-refractivity contribution in [3.8, 4) is 22.9 Å². The summed E-state index contributed by atoms with van der Waals surface area (Å²) in [5.74, 6) is 1.29. The van der Waals surface area contributed by atoms with Crippen molar-refractivity contribution in [2.75, 3.05) is 27.8 Å². The molecule has 1 aromatic heterocycles. The van der Waals surface area contributed by atoms with Gasteiger partial charge < -0.3 is 19.3 Å². The van der Waals surface area contributed by atoms with Crippen LogP contribution in [-0.2, 0) is 21.4 Å². The Morgan fingerprint density at radius 2 is 1.61 bits per heavy atom. The molecule has 0 unspecified atom stereocenters. The van der Waals surface area contributed by atoms with Crippen LogP contribution in [0.1, 0.15) is 5.89 Å². The maximum absolute atomic E-state index is 12.6. The van der Waals surface area contributed by atoms with Gasteiger partial charge in [-0.2, -0.15) is 9.29 Å². The Hall–Kier alpha value is -3.44. The van der Waals surface area contributed by atoms with E-state index in [1.54, 1.807) is 31.4 Å². The van der Waals surface area contributed by atoms with Crippen LogP contribution in [0.3, 0.4) is 0 Å². The summed E-state index contributed by atoms with van der Waals surface area (Å²) in [6.07, 6.45) is 0. The minimum absolute atomic E-state index is 0.0294. The summed E-state index contributed by atoms with van der Waals surface area (Å²) in [4.78, 5) is 16.5. The number of hydrogen-bond acceptors (Lipinski definition) is 8. The monoisotopic (exact) mass is 446 g/mol. The first-order valence-electron chi connectivity index (χ1n) is 9.17. The van der Waals surface area contributed by atoms with E-state index in [9.17, 15) is 13.2 Å². The van der Waals surface area contributed by atoms with Gasteiger partial charge in [-0.25, -0.2) is 8.42 Å². The van der Waals surface area contributed by atoms with Crippen molar-refractivity contribution in [1.82, 2.24) is 19.8 Å². The third kappa shape index (κ3) is 5.38. The van der Waals surface area contributed by atoms with Crippen LogP contribution in [0, 0.1) is 0 Å². The summed E-state index contributed by atoms with van der Waals surface area (Å²) in [6, 6.07) is 13.0. The van der Waals surface area contributed by atoms with Gasteiger partial charge in [0.1, 0.15) is 11.5 Å². The molecule has 0 aliphatic heterocycles. The number of hydrogen-bond donors (Lipinski definition) is 1. The molecule has 0 saturated heterocycles. The van der Waals surface area contributed by atoms with Crippen LogP contribution in [0.4, 0.5) is 0 Å². The molecule has 2 aromatic carbocycles. The van der Waals surface area contributed by atoms with Crippen molar-refractivity contribution in [1.29, 1.82) is 0 Å². The van der Waals surface area contributed by atoms with Gasteiger partial charge in [0.2, 0.25) is 27.6 Å². The molecule has 1 N–H and O–H groups in total. The minimum atomic E-state index is -3.82. The zero-order valence-electron chi connectivity index (χ0n) is 17.2. The average molecular weight is 446 g/mol. The normalized spacial score (nSPS) is 11.4. The highest BCUT2D eigenvalue weighted by Crippen LogP contribution is 2.20. The van der Waals surface area contributed by atoms with E-state index in [1.165, 1.54) is 38.4 Å². The zero-order valence-corrected chi connectivity index (χ0v) is 18.0. The molecule has 1 heterocycles. The Morgan fingerprint density at radius 1 is 1.03 bits per heavy atom. The highest BCUT2D eigenvalue weighted by atomic mass is 32.2. The molecule has 0 bridgehead atoms. The van der Waals surface area contributed by atoms with Crippen molar-refractivity contribution in [2.45, 2.75) is 11.4 Å². The number of nitrogens with zero attached hydrogens (tertiary/aromatic N) is 3. The van der Waals surface area contributed by atoms with Crippen LogP contribution in [0.2, 0.25) is 0 Å². The number of aromatic nitrogens is 2. The fourth-order valence-electron chi connectivity index (χ4n) is 2.63. The molecule has 0 aliphatic carbocycles. The average Bonchev–Trinajstić information content (AvgIpc) is 3.27. The predicted octanol–water partition coefficient (Wildman–Crippen LogP) is 1.69. The largest absolute Gasteiger partial charge is 0.497 e. The molecule has 3 rings (SSSR count). The summed E-state index contributed by atoms with van der Waals surface area (Å²) >= 11 is 0. The Balaban J connectivity index is 1.56. The van der Waals surface area contributed by atoms with Crippen molar-refractivity contribution in [3.05, 3.63) is 54.4 Å². The number of amides is 1. The number of carbonyl (C=O) groups excluding carboxylic acids is 1. The first-order chi connectivity index (χ1) is 14.8. The van der Waals surface area contributed by atoms with Gasteiger partial charge in [-0.05, 0) is 48.5 Å². The number of methoxy groups -OCH3 is 2. The van der Waals surface area contributed by atoms with E-state index in [0.29, 0.717) is 17.3 Å². The lowest BCUT2D eigenvalue weighted by molar-refractivity contribution is -0.121. The second-order valence-electron chi connectivity index (χ2n) is 6.45. The Bertz CT molecular complexity index is 1130. The quantitative estimate of drug-likeness (QED) is 0.527. The summed E-state index contributed by atoms with van der Waals surface area (Å²) in [6.45, 7) is -0.397. The molecule has 0 aliphatic rings. The molecule has 10 nitrogen and oxygen atoms in total. The van der Waals surface area contributed by atoms with Crippen LogP contribution in [-0.4, -0.2) is 56.6 Å². The number of carbonyl (C=O) groups is 1. The van der Waals surface area contributed by atoms with Crippen molar-refractivity contribution in [3.63, 3.8) is 0 Å². The molecule has 0 saturated carbocycles. The number of sulfonamides is 1. The van der Waals surface area contributed by atoms with E-state index in [4.69, 9.17) is 14.0 Å². The molecule has 164 valence electrons. The second kappa shape index (κ2) is 9.58.